The fourth-order valence-electron chi connectivity index (χ4n) is 2.45. The molecule has 2 nitrogen and oxygen atoms in total. The minimum absolute atomic E-state index is 0.142. The summed E-state index contributed by atoms with van der Waals surface area (Å²) >= 11 is 0. The molecule has 0 amide bonds. The Balaban J connectivity index is 2.04. The van der Waals surface area contributed by atoms with Crippen LogP contribution in [0.15, 0.2) is 36.4 Å². The molecule has 3 heteroatoms. The molecule has 0 saturated heterocycles. The third-order valence-electron chi connectivity index (χ3n) is 3.55. The van der Waals surface area contributed by atoms with Crippen LogP contribution in [0.25, 0.3) is 10.8 Å². The lowest BCUT2D eigenvalue weighted by molar-refractivity contribution is 0.304. The fraction of sp³-hybridized carbons (Fsp3) is 0.444. The Bertz CT molecular complexity index is 602. The van der Waals surface area contributed by atoms with Gasteiger partial charge < -0.3 is 10.2 Å². The summed E-state index contributed by atoms with van der Waals surface area (Å²) in [6.07, 6.45) is 0. The predicted octanol–water partition coefficient (Wildman–Crippen LogP) is 3.80. The van der Waals surface area contributed by atoms with Crippen LogP contribution in [0.4, 0.5) is 4.39 Å². The zero-order valence-corrected chi connectivity index (χ0v) is 13.4. The summed E-state index contributed by atoms with van der Waals surface area (Å²) in [6, 6.07) is 11.1. The standard InChI is InChI=1S/C18H25FN2/c1-18(2,3)20-11-12-21(4)13-14-9-10-17(19)16-8-6-5-7-15(14)16/h5-10,20H,11-13H2,1-4H3. The van der Waals surface area contributed by atoms with E-state index >= 15 is 0 Å². The van der Waals surface area contributed by atoms with Gasteiger partial charge in [0.1, 0.15) is 5.82 Å². The van der Waals surface area contributed by atoms with Crippen molar-refractivity contribution in [3.05, 3.63) is 47.8 Å². The molecule has 0 spiro atoms. The van der Waals surface area contributed by atoms with Gasteiger partial charge in [0.05, 0.1) is 0 Å². The number of fused-ring (bicyclic) bond motifs is 1. The second-order valence-corrected chi connectivity index (χ2v) is 6.67. The summed E-state index contributed by atoms with van der Waals surface area (Å²) < 4.78 is 13.8. The molecule has 0 aliphatic rings. The van der Waals surface area contributed by atoms with E-state index in [2.05, 4.69) is 38.0 Å². The maximum atomic E-state index is 13.8. The van der Waals surface area contributed by atoms with Crippen molar-refractivity contribution in [2.75, 3.05) is 20.1 Å². The molecule has 0 bridgehead atoms. The third kappa shape index (κ3) is 4.51. The van der Waals surface area contributed by atoms with Crippen LogP contribution >= 0.6 is 0 Å². The molecule has 0 unspecified atom stereocenters. The number of nitrogens with zero attached hydrogens (tertiary/aromatic N) is 1. The van der Waals surface area contributed by atoms with Gasteiger partial charge in [-0.15, -0.1) is 0 Å². The van der Waals surface area contributed by atoms with Crippen molar-refractivity contribution >= 4 is 10.8 Å². The Labute approximate surface area is 127 Å². The molecular formula is C18H25FN2. The molecule has 0 heterocycles. The van der Waals surface area contributed by atoms with Crippen LogP contribution < -0.4 is 5.32 Å². The Kier molecular flexibility index (Phi) is 4.96. The number of benzene rings is 2. The zero-order chi connectivity index (χ0) is 15.5. The van der Waals surface area contributed by atoms with Crippen LogP contribution in [0.2, 0.25) is 0 Å². The lowest BCUT2D eigenvalue weighted by atomic mass is 10.0. The maximum absolute atomic E-state index is 13.8. The Morgan fingerprint density at radius 1 is 1.05 bits per heavy atom. The summed E-state index contributed by atoms with van der Waals surface area (Å²) in [5.41, 5.74) is 1.31. The van der Waals surface area contributed by atoms with Gasteiger partial charge in [-0.2, -0.15) is 0 Å². The molecular weight excluding hydrogens is 263 g/mol. The number of likely N-dealkylation sites (N-methyl/N-ethyl adjacent to an activating group) is 1. The number of halogens is 1. The van der Waals surface area contributed by atoms with E-state index in [4.69, 9.17) is 0 Å². The summed E-state index contributed by atoms with van der Waals surface area (Å²) in [6.45, 7) is 9.23. The summed E-state index contributed by atoms with van der Waals surface area (Å²) in [7, 11) is 2.10. The van der Waals surface area contributed by atoms with E-state index in [1.807, 2.05) is 30.3 Å². The van der Waals surface area contributed by atoms with Crippen LogP contribution in [-0.2, 0) is 6.54 Å². The molecule has 21 heavy (non-hydrogen) atoms. The van der Waals surface area contributed by atoms with Gasteiger partial charge in [0.15, 0.2) is 0 Å². The van der Waals surface area contributed by atoms with Gasteiger partial charge in [-0.05, 0) is 44.8 Å². The van der Waals surface area contributed by atoms with E-state index < -0.39 is 0 Å². The van der Waals surface area contributed by atoms with Gasteiger partial charge in [0.25, 0.3) is 0 Å². The molecule has 0 saturated carbocycles. The molecule has 0 fully saturated rings. The highest BCUT2D eigenvalue weighted by molar-refractivity contribution is 5.86. The molecule has 2 rings (SSSR count). The smallest absolute Gasteiger partial charge is 0.131 e. The van der Waals surface area contributed by atoms with E-state index in [1.54, 1.807) is 6.07 Å². The normalized spacial score (nSPS) is 12.3. The fourth-order valence-corrected chi connectivity index (χ4v) is 2.45. The molecule has 2 aromatic carbocycles. The van der Waals surface area contributed by atoms with Crippen molar-refractivity contribution in [1.82, 2.24) is 10.2 Å². The molecule has 114 valence electrons. The average Bonchev–Trinajstić information content (AvgIpc) is 2.41. The average molecular weight is 288 g/mol. The first-order chi connectivity index (χ1) is 9.87. The van der Waals surface area contributed by atoms with Crippen LogP contribution in [-0.4, -0.2) is 30.6 Å². The van der Waals surface area contributed by atoms with Gasteiger partial charge in [-0.3, -0.25) is 0 Å². The second-order valence-electron chi connectivity index (χ2n) is 6.67. The van der Waals surface area contributed by atoms with Crippen LogP contribution in [0.1, 0.15) is 26.3 Å². The highest BCUT2D eigenvalue weighted by Crippen LogP contribution is 2.22. The summed E-state index contributed by atoms with van der Waals surface area (Å²) in [5, 5.41) is 5.20. The number of hydrogen-bond acceptors (Lipinski definition) is 2. The minimum atomic E-state index is -0.147. The van der Waals surface area contributed by atoms with E-state index in [0.717, 1.165) is 25.0 Å². The number of rotatable bonds is 5. The minimum Gasteiger partial charge on any atom is -0.311 e. The Morgan fingerprint density at radius 3 is 2.38 bits per heavy atom. The van der Waals surface area contributed by atoms with Crippen LogP contribution in [0.3, 0.4) is 0 Å². The van der Waals surface area contributed by atoms with E-state index in [0.29, 0.717) is 5.39 Å². The Hall–Kier alpha value is -1.45. The lowest BCUT2D eigenvalue weighted by Crippen LogP contribution is -2.40. The summed E-state index contributed by atoms with van der Waals surface area (Å²) in [5.74, 6) is -0.147. The monoisotopic (exact) mass is 288 g/mol. The maximum Gasteiger partial charge on any atom is 0.131 e. The molecule has 2 aromatic rings. The van der Waals surface area contributed by atoms with Crippen LogP contribution in [0, 0.1) is 5.82 Å². The van der Waals surface area contributed by atoms with Crippen molar-refractivity contribution in [3.8, 4) is 0 Å². The first-order valence-electron chi connectivity index (χ1n) is 7.46. The van der Waals surface area contributed by atoms with Crippen molar-refractivity contribution in [2.24, 2.45) is 0 Å². The quantitative estimate of drug-likeness (QED) is 0.900. The van der Waals surface area contributed by atoms with Gasteiger partial charge in [-0.1, -0.05) is 30.3 Å². The van der Waals surface area contributed by atoms with Gasteiger partial charge in [0.2, 0.25) is 0 Å². The number of hydrogen-bond donors (Lipinski definition) is 1. The van der Waals surface area contributed by atoms with E-state index in [-0.39, 0.29) is 11.4 Å². The zero-order valence-electron chi connectivity index (χ0n) is 13.4. The molecule has 0 radical (unpaired) electrons. The molecule has 0 aliphatic carbocycles. The molecule has 0 atom stereocenters. The van der Waals surface area contributed by atoms with E-state index in [1.165, 1.54) is 5.56 Å². The van der Waals surface area contributed by atoms with E-state index in [9.17, 15) is 4.39 Å². The van der Waals surface area contributed by atoms with Gasteiger partial charge in [-0.25, -0.2) is 4.39 Å². The number of nitrogens with one attached hydrogen (secondary N) is 1. The van der Waals surface area contributed by atoms with Gasteiger partial charge in [0, 0.05) is 30.6 Å². The summed E-state index contributed by atoms with van der Waals surface area (Å²) in [4.78, 5) is 2.26. The van der Waals surface area contributed by atoms with Gasteiger partial charge >= 0.3 is 0 Å². The SMILES string of the molecule is CN(CCNC(C)(C)C)Cc1ccc(F)c2ccccc12. The van der Waals surface area contributed by atoms with Crippen LogP contribution in [0.5, 0.6) is 0 Å². The Morgan fingerprint density at radius 2 is 1.71 bits per heavy atom. The highest BCUT2D eigenvalue weighted by Gasteiger charge is 2.10. The van der Waals surface area contributed by atoms with Crippen molar-refractivity contribution in [1.29, 1.82) is 0 Å². The highest BCUT2D eigenvalue weighted by atomic mass is 19.1. The lowest BCUT2D eigenvalue weighted by Gasteiger charge is -2.24. The van der Waals surface area contributed by atoms with Crippen molar-refractivity contribution < 1.29 is 4.39 Å². The molecule has 0 aliphatic heterocycles. The largest absolute Gasteiger partial charge is 0.311 e. The van der Waals surface area contributed by atoms with Crippen molar-refractivity contribution in [2.45, 2.75) is 32.9 Å². The second kappa shape index (κ2) is 6.54. The molecule has 0 aromatic heterocycles. The predicted molar refractivity (Wildman–Crippen MR) is 88.0 cm³/mol. The van der Waals surface area contributed by atoms with Crippen molar-refractivity contribution in [3.63, 3.8) is 0 Å². The first-order valence-corrected chi connectivity index (χ1v) is 7.46. The molecule has 1 N–H and O–H groups in total. The third-order valence-corrected chi connectivity index (χ3v) is 3.55. The topological polar surface area (TPSA) is 15.3 Å². The first kappa shape index (κ1) is 15.9.